The molecule has 1 unspecified atom stereocenters. The molecule has 0 fully saturated rings. The van der Waals surface area contributed by atoms with Crippen LogP contribution in [0.4, 0.5) is 0 Å². The van der Waals surface area contributed by atoms with Gasteiger partial charge in [0.25, 0.3) is 0 Å². The molecular formula is C13H28N4O. The Kier molecular flexibility index (Phi) is 10.1. The van der Waals surface area contributed by atoms with Gasteiger partial charge in [-0.15, -0.1) is 0 Å². The van der Waals surface area contributed by atoms with Crippen LogP contribution < -0.4 is 16.0 Å². The number of guanidine groups is 1. The first-order chi connectivity index (χ1) is 8.63. The number of unbranched alkanes of at least 4 members (excludes halogenated alkanes) is 1. The number of carbonyl (C=O) groups is 1. The van der Waals surface area contributed by atoms with Crippen LogP contribution in [0.2, 0.25) is 0 Å². The number of nitrogens with zero attached hydrogens (tertiary/aromatic N) is 1. The Morgan fingerprint density at radius 3 is 2.44 bits per heavy atom. The predicted molar refractivity (Wildman–Crippen MR) is 76.8 cm³/mol. The Labute approximate surface area is 111 Å². The number of hydrogen-bond donors (Lipinski definition) is 3. The second-order valence-corrected chi connectivity index (χ2v) is 4.41. The van der Waals surface area contributed by atoms with Gasteiger partial charge in [0.1, 0.15) is 0 Å². The molecule has 5 heteroatoms. The van der Waals surface area contributed by atoms with Gasteiger partial charge in [-0.25, -0.2) is 0 Å². The van der Waals surface area contributed by atoms with Crippen LogP contribution in [0.5, 0.6) is 0 Å². The lowest BCUT2D eigenvalue weighted by molar-refractivity contribution is -0.121. The van der Waals surface area contributed by atoms with Crippen LogP contribution in [0.3, 0.4) is 0 Å². The van der Waals surface area contributed by atoms with Gasteiger partial charge >= 0.3 is 0 Å². The Morgan fingerprint density at radius 2 is 1.89 bits per heavy atom. The third-order valence-electron chi connectivity index (χ3n) is 2.71. The molecule has 0 spiro atoms. The molecule has 0 rings (SSSR count). The van der Waals surface area contributed by atoms with E-state index in [0.717, 1.165) is 31.8 Å². The van der Waals surface area contributed by atoms with Crippen molar-refractivity contribution in [1.82, 2.24) is 16.0 Å². The Balaban J connectivity index is 3.70. The van der Waals surface area contributed by atoms with Crippen LogP contribution in [0.25, 0.3) is 0 Å². The Morgan fingerprint density at radius 1 is 1.22 bits per heavy atom. The van der Waals surface area contributed by atoms with E-state index in [2.05, 4.69) is 34.8 Å². The Bertz CT molecular complexity index is 253. The number of aliphatic imine (C=N–C) groups is 1. The Hall–Kier alpha value is -1.26. The molecule has 0 aliphatic carbocycles. The molecule has 0 aromatic rings. The van der Waals surface area contributed by atoms with E-state index in [1.54, 1.807) is 7.05 Å². The summed E-state index contributed by atoms with van der Waals surface area (Å²) in [4.78, 5) is 15.6. The molecule has 0 aliphatic heterocycles. The zero-order valence-corrected chi connectivity index (χ0v) is 12.2. The van der Waals surface area contributed by atoms with Crippen LogP contribution in [0.1, 0.15) is 46.5 Å². The van der Waals surface area contributed by atoms with Crippen molar-refractivity contribution in [2.45, 2.75) is 52.5 Å². The third kappa shape index (κ3) is 8.84. The molecule has 1 amide bonds. The van der Waals surface area contributed by atoms with Crippen molar-refractivity contribution in [3.63, 3.8) is 0 Å². The minimum atomic E-state index is 0.0841. The van der Waals surface area contributed by atoms with Crippen LogP contribution in [-0.4, -0.2) is 38.0 Å². The molecule has 0 saturated carbocycles. The summed E-state index contributed by atoms with van der Waals surface area (Å²) in [6, 6.07) is 0.250. The van der Waals surface area contributed by atoms with E-state index in [1.165, 1.54) is 0 Å². The predicted octanol–water partition coefficient (Wildman–Crippen LogP) is 1.26. The topological polar surface area (TPSA) is 65.5 Å². The van der Waals surface area contributed by atoms with Crippen molar-refractivity contribution in [3.8, 4) is 0 Å². The SMILES string of the molecule is CCCCNC(=NC)NCCC(=O)NC(C)CC. The average molecular weight is 256 g/mol. The minimum Gasteiger partial charge on any atom is -0.356 e. The monoisotopic (exact) mass is 256 g/mol. The van der Waals surface area contributed by atoms with E-state index in [0.29, 0.717) is 13.0 Å². The van der Waals surface area contributed by atoms with Crippen molar-refractivity contribution in [3.05, 3.63) is 0 Å². The van der Waals surface area contributed by atoms with Gasteiger partial charge in [0, 0.05) is 32.6 Å². The summed E-state index contributed by atoms with van der Waals surface area (Å²) in [7, 11) is 1.74. The molecule has 0 aromatic heterocycles. The normalized spacial score (nSPS) is 13.0. The van der Waals surface area contributed by atoms with Gasteiger partial charge in [-0.3, -0.25) is 9.79 Å². The molecular weight excluding hydrogens is 228 g/mol. The van der Waals surface area contributed by atoms with Crippen molar-refractivity contribution >= 4 is 11.9 Å². The van der Waals surface area contributed by atoms with Crippen molar-refractivity contribution in [2.75, 3.05) is 20.1 Å². The lowest BCUT2D eigenvalue weighted by atomic mass is 10.2. The molecule has 0 radical (unpaired) electrons. The fourth-order valence-corrected chi connectivity index (χ4v) is 1.35. The molecule has 0 heterocycles. The molecule has 0 bridgehead atoms. The minimum absolute atomic E-state index is 0.0841. The fraction of sp³-hybridized carbons (Fsp3) is 0.846. The first-order valence-electron chi connectivity index (χ1n) is 6.87. The molecule has 1 atom stereocenters. The van der Waals surface area contributed by atoms with Crippen LogP contribution in [0.15, 0.2) is 4.99 Å². The van der Waals surface area contributed by atoms with Crippen LogP contribution in [0, 0.1) is 0 Å². The molecule has 0 saturated heterocycles. The molecule has 3 N–H and O–H groups in total. The maximum Gasteiger partial charge on any atom is 0.221 e. The summed E-state index contributed by atoms with van der Waals surface area (Å²) in [5, 5.41) is 9.27. The van der Waals surface area contributed by atoms with Gasteiger partial charge in [-0.1, -0.05) is 20.3 Å². The van der Waals surface area contributed by atoms with Crippen molar-refractivity contribution in [2.24, 2.45) is 4.99 Å². The largest absolute Gasteiger partial charge is 0.356 e. The number of nitrogens with one attached hydrogen (secondary N) is 3. The van der Waals surface area contributed by atoms with Crippen LogP contribution >= 0.6 is 0 Å². The first kappa shape index (κ1) is 16.7. The van der Waals surface area contributed by atoms with Gasteiger partial charge in [-0.05, 0) is 19.8 Å². The van der Waals surface area contributed by atoms with E-state index < -0.39 is 0 Å². The van der Waals surface area contributed by atoms with E-state index in [1.807, 2.05) is 6.92 Å². The van der Waals surface area contributed by atoms with Crippen LogP contribution in [-0.2, 0) is 4.79 Å². The number of carbonyl (C=O) groups excluding carboxylic acids is 1. The van der Waals surface area contributed by atoms with E-state index in [4.69, 9.17) is 0 Å². The lowest BCUT2D eigenvalue weighted by Gasteiger charge is -2.13. The number of rotatable bonds is 8. The van der Waals surface area contributed by atoms with E-state index in [-0.39, 0.29) is 11.9 Å². The summed E-state index contributed by atoms with van der Waals surface area (Å²) in [5.74, 6) is 0.848. The van der Waals surface area contributed by atoms with Crippen molar-refractivity contribution < 1.29 is 4.79 Å². The van der Waals surface area contributed by atoms with Gasteiger partial charge in [0.05, 0.1) is 0 Å². The third-order valence-corrected chi connectivity index (χ3v) is 2.71. The van der Waals surface area contributed by atoms with Gasteiger partial charge in [0.15, 0.2) is 5.96 Å². The summed E-state index contributed by atoms with van der Waals surface area (Å²) < 4.78 is 0. The summed E-state index contributed by atoms with van der Waals surface area (Å²) in [5.41, 5.74) is 0. The first-order valence-corrected chi connectivity index (χ1v) is 6.87. The smallest absolute Gasteiger partial charge is 0.221 e. The highest BCUT2D eigenvalue weighted by Gasteiger charge is 2.05. The molecule has 5 nitrogen and oxygen atoms in total. The summed E-state index contributed by atoms with van der Waals surface area (Å²) >= 11 is 0. The van der Waals surface area contributed by atoms with Gasteiger partial charge in [-0.2, -0.15) is 0 Å². The number of amides is 1. The second kappa shape index (κ2) is 10.9. The molecule has 106 valence electrons. The highest BCUT2D eigenvalue weighted by atomic mass is 16.1. The highest BCUT2D eigenvalue weighted by molar-refractivity contribution is 5.81. The molecule has 0 aromatic carbocycles. The molecule has 0 aliphatic rings. The van der Waals surface area contributed by atoms with Gasteiger partial charge in [0.2, 0.25) is 5.91 Å². The quantitative estimate of drug-likeness (QED) is 0.348. The lowest BCUT2D eigenvalue weighted by Crippen LogP contribution is -2.40. The van der Waals surface area contributed by atoms with E-state index >= 15 is 0 Å². The van der Waals surface area contributed by atoms with E-state index in [9.17, 15) is 4.79 Å². The highest BCUT2D eigenvalue weighted by Crippen LogP contribution is 1.89. The zero-order chi connectivity index (χ0) is 13.8. The number of hydrogen-bond acceptors (Lipinski definition) is 2. The summed E-state index contributed by atoms with van der Waals surface area (Å²) in [6.45, 7) is 7.74. The van der Waals surface area contributed by atoms with Gasteiger partial charge < -0.3 is 16.0 Å². The molecule has 18 heavy (non-hydrogen) atoms. The standard InChI is InChI=1S/C13H28N4O/c1-5-7-9-15-13(14-4)16-10-8-12(18)17-11(3)6-2/h11H,5-10H2,1-4H3,(H,17,18)(H2,14,15,16). The fourth-order valence-electron chi connectivity index (χ4n) is 1.35. The average Bonchev–Trinajstić information content (AvgIpc) is 2.36. The van der Waals surface area contributed by atoms with Crippen molar-refractivity contribution in [1.29, 1.82) is 0 Å². The maximum absolute atomic E-state index is 11.5. The summed E-state index contributed by atoms with van der Waals surface area (Å²) in [6.07, 6.45) is 3.70. The second-order valence-electron chi connectivity index (χ2n) is 4.41. The maximum atomic E-state index is 11.5. The zero-order valence-electron chi connectivity index (χ0n) is 12.2.